The Balaban J connectivity index is 2.21. The van der Waals surface area contributed by atoms with E-state index in [0.29, 0.717) is 11.4 Å². The van der Waals surface area contributed by atoms with Gasteiger partial charge in [-0.05, 0) is 37.0 Å². The second-order valence-corrected chi connectivity index (χ2v) is 5.63. The summed E-state index contributed by atoms with van der Waals surface area (Å²) in [5.74, 6) is -0.323. The number of nitrogens with zero attached hydrogens (tertiary/aromatic N) is 1. The lowest BCUT2D eigenvalue weighted by Gasteiger charge is -2.25. The highest BCUT2D eigenvalue weighted by atomic mass is 35.5. The quantitative estimate of drug-likeness (QED) is 0.699. The lowest BCUT2D eigenvalue weighted by Crippen LogP contribution is -2.21. The molecule has 0 unspecified atom stereocenters. The molecule has 2 rings (SSSR count). The van der Waals surface area contributed by atoms with Crippen LogP contribution in [-0.2, 0) is 6.42 Å². The molecule has 0 aliphatic heterocycles. The highest BCUT2D eigenvalue weighted by molar-refractivity contribution is 6.31. The average Bonchev–Trinajstić information content (AvgIpc) is 2.59. The number of nitriles is 1. The third-order valence-corrected chi connectivity index (χ3v) is 4.19. The molecule has 0 N–H and O–H groups in total. The largest absolute Gasteiger partial charge is 0.207 e. The van der Waals surface area contributed by atoms with Crippen molar-refractivity contribution in [3.63, 3.8) is 0 Å². The predicted molar refractivity (Wildman–Crippen MR) is 70.9 cm³/mol. The lowest BCUT2D eigenvalue weighted by molar-refractivity contribution is 0.339. The van der Waals surface area contributed by atoms with E-state index in [0.717, 1.165) is 31.2 Å². The van der Waals surface area contributed by atoms with Crippen LogP contribution in [0.25, 0.3) is 0 Å². The molecule has 0 amide bonds. The Labute approximate surface area is 113 Å². The topological polar surface area (TPSA) is 23.8 Å². The molecule has 0 radical (unpaired) electrons. The summed E-state index contributed by atoms with van der Waals surface area (Å²) in [5, 5.41) is 9.94. The number of halogens is 2. The van der Waals surface area contributed by atoms with Gasteiger partial charge in [0.2, 0.25) is 0 Å². The van der Waals surface area contributed by atoms with Crippen LogP contribution in [0.15, 0.2) is 18.2 Å². The zero-order valence-corrected chi connectivity index (χ0v) is 11.1. The van der Waals surface area contributed by atoms with Crippen molar-refractivity contribution in [1.29, 1.82) is 5.26 Å². The Morgan fingerprint density at radius 1 is 1.22 bits per heavy atom. The van der Waals surface area contributed by atoms with Crippen LogP contribution in [-0.4, -0.2) is 0 Å². The van der Waals surface area contributed by atoms with Gasteiger partial charge in [-0.1, -0.05) is 43.4 Å². The third kappa shape index (κ3) is 3.03. The molecule has 0 bridgehead atoms. The minimum atomic E-state index is -0.323. The van der Waals surface area contributed by atoms with Crippen LogP contribution in [0.1, 0.15) is 44.1 Å². The molecule has 96 valence electrons. The summed E-state index contributed by atoms with van der Waals surface area (Å²) in [6, 6.07) is 6.96. The van der Waals surface area contributed by atoms with Crippen molar-refractivity contribution >= 4 is 11.6 Å². The van der Waals surface area contributed by atoms with Crippen LogP contribution < -0.4 is 0 Å². The van der Waals surface area contributed by atoms with Gasteiger partial charge in [0, 0.05) is 5.02 Å². The summed E-state index contributed by atoms with van der Waals surface area (Å²) in [7, 11) is 0. The van der Waals surface area contributed by atoms with Gasteiger partial charge in [-0.15, -0.1) is 0 Å². The van der Waals surface area contributed by atoms with Gasteiger partial charge in [0.25, 0.3) is 0 Å². The summed E-state index contributed by atoms with van der Waals surface area (Å²) in [5.41, 5.74) is 0.583. The Morgan fingerprint density at radius 2 is 1.89 bits per heavy atom. The maximum Gasteiger partial charge on any atom is 0.124 e. The standard InChI is InChI=1S/C15H17ClFN/c16-14-9-13(17)6-5-12(14)10-15(11-18)7-3-1-2-4-8-15/h5-6,9H,1-4,7-8,10H2. The van der Waals surface area contributed by atoms with Gasteiger partial charge in [-0.25, -0.2) is 4.39 Å². The molecule has 1 aliphatic carbocycles. The second kappa shape index (κ2) is 5.71. The molecular formula is C15H17ClFN. The molecule has 0 saturated heterocycles. The highest BCUT2D eigenvalue weighted by Crippen LogP contribution is 2.38. The SMILES string of the molecule is N#CC1(Cc2ccc(F)cc2Cl)CCCCCC1. The molecule has 0 atom stereocenters. The van der Waals surface area contributed by atoms with E-state index in [1.54, 1.807) is 6.07 Å². The van der Waals surface area contributed by atoms with E-state index >= 15 is 0 Å². The molecule has 1 fully saturated rings. The first-order valence-corrected chi connectivity index (χ1v) is 6.88. The molecule has 0 aromatic heterocycles. The van der Waals surface area contributed by atoms with Crippen LogP contribution >= 0.6 is 11.6 Å². The van der Waals surface area contributed by atoms with Crippen molar-refractivity contribution in [1.82, 2.24) is 0 Å². The normalized spacial score (nSPS) is 18.9. The van der Waals surface area contributed by atoms with Gasteiger partial charge >= 0.3 is 0 Å². The van der Waals surface area contributed by atoms with E-state index < -0.39 is 0 Å². The molecule has 3 heteroatoms. The predicted octanol–water partition coefficient (Wildman–Crippen LogP) is 4.89. The molecule has 1 nitrogen and oxygen atoms in total. The zero-order chi connectivity index (χ0) is 13.0. The van der Waals surface area contributed by atoms with Crippen LogP contribution in [0.2, 0.25) is 5.02 Å². The van der Waals surface area contributed by atoms with Crippen molar-refractivity contribution < 1.29 is 4.39 Å². The van der Waals surface area contributed by atoms with Crippen LogP contribution in [0.3, 0.4) is 0 Å². The minimum Gasteiger partial charge on any atom is -0.207 e. The zero-order valence-electron chi connectivity index (χ0n) is 10.4. The lowest BCUT2D eigenvalue weighted by atomic mass is 9.77. The van der Waals surface area contributed by atoms with Crippen LogP contribution in [0.4, 0.5) is 4.39 Å². The minimum absolute atomic E-state index is 0.308. The van der Waals surface area contributed by atoms with E-state index in [4.69, 9.17) is 11.6 Å². The molecule has 1 aromatic rings. The van der Waals surface area contributed by atoms with E-state index in [1.165, 1.54) is 25.0 Å². The Bertz CT molecular complexity index is 456. The smallest absolute Gasteiger partial charge is 0.124 e. The molecule has 0 heterocycles. The number of hydrogen-bond donors (Lipinski definition) is 0. The monoisotopic (exact) mass is 265 g/mol. The fourth-order valence-corrected chi connectivity index (χ4v) is 3.00. The molecule has 0 spiro atoms. The molecule has 18 heavy (non-hydrogen) atoms. The number of hydrogen-bond acceptors (Lipinski definition) is 1. The maximum atomic E-state index is 13.0. The van der Waals surface area contributed by atoms with Gasteiger partial charge in [0.05, 0.1) is 11.5 Å². The molecule has 1 aliphatic rings. The third-order valence-electron chi connectivity index (χ3n) is 3.84. The van der Waals surface area contributed by atoms with E-state index in [1.807, 2.05) is 0 Å². The van der Waals surface area contributed by atoms with Crippen molar-refractivity contribution in [2.75, 3.05) is 0 Å². The molecule has 1 saturated carbocycles. The van der Waals surface area contributed by atoms with Gasteiger partial charge in [0.15, 0.2) is 0 Å². The summed E-state index contributed by atoms with van der Waals surface area (Å²) >= 11 is 6.06. The average molecular weight is 266 g/mol. The number of rotatable bonds is 2. The highest BCUT2D eigenvalue weighted by Gasteiger charge is 2.31. The summed E-state index contributed by atoms with van der Waals surface area (Å²) in [6.07, 6.45) is 7.12. The fraction of sp³-hybridized carbons (Fsp3) is 0.533. The van der Waals surface area contributed by atoms with Gasteiger partial charge in [-0.3, -0.25) is 0 Å². The first kappa shape index (κ1) is 13.4. The van der Waals surface area contributed by atoms with E-state index in [-0.39, 0.29) is 11.2 Å². The number of benzene rings is 1. The first-order chi connectivity index (χ1) is 8.65. The van der Waals surface area contributed by atoms with Crippen LogP contribution in [0.5, 0.6) is 0 Å². The first-order valence-electron chi connectivity index (χ1n) is 6.50. The van der Waals surface area contributed by atoms with Crippen LogP contribution in [0, 0.1) is 22.6 Å². The van der Waals surface area contributed by atoms with E-state index in [2.05, 4.69) is 6.07 Å². The van der Waals surface area contributed by atoms with Crippen molar-refractivity contribution in [3.8, 4) is 6.07 Å². The molecular weight excluding hydrogens is 249 g/mol. The summed E-state index contributed by atoms with van der Waals surface area (Å²) in [6.45, 7) is 0. The van der Waals surface area contributed by atoms with Crippen molar-refractivity contribution in [2.45, 2.75) is 44.9 Å². The maximum absolute atomic E-state index is 13.0. The summed E-state index contributed by atoms with van der Waals surface area (Å²) in [4.78, 5) is 0. The summed E-state index contributed by atoms with van der Waals surface area (Å²) < 4.78 is 13.0. The van der Waals surface area contributed by atoms with Gasteiger partial charge < -0.3 is 0 Å². The van der Waals surface area contributed by atoms with Crippen molar-refractivity contribution in [2.24, 2.45) is 5.41 Å². The fourth-order valence-electron chi connectivity index (χ4n) is 2.76. The molecule has 1 aromatic carbocycles. The van der Waals surface area contributed by atoms with Crippen molar-refractivity contribution in [3.05, 3.63) is 34.6 Å². The Kier molecular flexibility index (Phi) is 4.24. The van der Waals surface area contributed by atoms with Gasteiger partial charge in [-0.2, -0.15) is 5.26 Å². The Morgan fingerprint density at radius 3 is 2.44 bits per heavy atom. The Hall–Kier alpha value is -1.07. The second-order valence-electron chi connectivity index (χ2n) is 5.22. The van der Waals surface area contributed by atoms with Gasteiger partial charge in [0.1, 0.15) is 5.82 Å². The van der Waals surface area contributed by atoms with E-state index in [9.17, 15) is 9.65 Å².